The topological polar surface area (TPSA) is 127 Å². The van der Waals surface area contributed by atoms with E-state index in [9.17, 15) is 18.8 Å². The lowest BCUT2D eigenvalue weighted by molar-refractivity contribution is -0.119. The Kier molecular flexibility index (Phi) is 6.99. The third-order valence-electron chi connectivity index (χ3n) is 4.53. The number of anilines is 1. The van der Waals surface area contributed by atoms with Gasteiger partial charge in [-0.15, -0.1) is 10.2 Å². The first-order valence-electron chi connectivity index (χ1n) is 10.2. The van der Waals surface area contributed by atoms with E-state index in [2.05, 4.69) is 21.0 Å². The molecular weight excluding hydrogens is 447 g/mol. The molecule has 3 amide bonds. The molecule has 0 saturated carbocycles. The molecule has 3 aromatic rings. The zero-order valence-electron chi connectivity index (χ0n) is 19.4. The molecule has 180 valence electrons. The number of hydrogen-bond donors (Lipinski definition) is 2. The van der Waals surface area contributed by atoms with E-state index in [4.69, 9.17) is 9.47 Å². The van der Waals surface area contributed by atoms with Crippen molar-refractivity contribution in [2.24, 2.45) is 0 Å². The number of hydrogen-bond acceptors (Lipinski definition) is 7. The highest BCUT2D eigenvalue weighted by Crippen LogP contribution is 2.28. The van der Waals surface area contributed by atoms with E-state index in [1.165, 1.54) is 53.9 Å². The van der Waals surface area contributed by atoms with Crippen LogP contribution in [0, 0.1) is 5.82 Å². The molecule has 0 atom stereocenters. The quantitative estimate of drug-likeness (QED) is 0.547. The molecule has 0 radical (unpaired) electrons. The van der Waals surface area contributed by atoms with Crippen molar-refractivity contribution in [1.82, 2.24) is 25.4 Å². The number of methoxy groups -OCH3 is 1. The van der Waals surface area contributed by atoms with Gasteiger partial charge in [-0.1, -0.05) is 6.07 Å². The van der Waals surface area contributed by atoms with Crippen molar-refractivity contribution in [3.8, 4) is 5.75 Å². The molecule has 0 aliphatic rings. The smallest absolute Gasteiger partial charge is 0.416 e. The maximum atomic E-state index is 14.7. The minimum atomic E-state index is -0.834. The van der Waals surface area contributed by atoms with Crippen LogP contribution in [0.2, 0.25) is 0 Å². The van der Waals surface area contributed by atoms with Gasteiger partial charge in [-0.3, -0.25) is 29.7 Å². The van der Waals surface area contributed by atoms with E-state index >= 15 is 0 Å². The second-order valence-electron chi connectivity index (χ2n) is 8.25. The van der Waals surface area contributed by atoms with Crippen LogP contribution in [-0.4, -0.2) is 45.2 Å². The number of halogens is 1. The summed E-state index contributed by atoms with van der Waals surface area (Å²) in [4.78, 5) is 38.0. The fourth-order valence-electron chi connectivity index (χ4n) is 3.11. The number of carbonyl (C=O) groups excluding carboxylic acids is 3. The second-order valence-corrected chi connectivity index (χ2v) is 8.25. The molecule has 34 heavy (non-hydrogen) atoms. The summed E-state index contributed by atoms with van der Waals surface area (Å²) in [5.74, 6) is -1.20. The Morgan fingerprint density at radius 2 is 1.88 bits per heavy atom. The van der Waals surface area contributed by atoms with E-state index in [1.807, 2.05) is 0 Å². The van der Waals surface area contributed by atoms with Gasteiger partial charge in [0.05, 0.1) is 19.2 Å². The molecule has 2 aromatic heterocycles. The minimum absolute atomic E-state index is 0.0858. The predicted octanol–water partition coefficient (Wildman–Crippen LogP) is 2.60. The Hall–Kier alpha value is -4.22. The highest BCUT2D eigenvalue weighted by molar-refractivity contribution is 6.01. The lowest BCUT2D eigenvalue weighted by Gasteiger charge is -2.28. The SMILES string of the molecule is COc1cccc(F)c1CN(C(=O)OC(C)(C)C)c1ccc(C(=O)NNC(C)=O)c2nncn12. The molecule has 1 aromatic carbocycles. The van der Waals surface area contributed by atoms with Crippen LogP contribution in [0.25, 0.3) is 5.65 Å². The van der Waals surface area contributed by atoms with Gasteiger partial charge < -0.3 is 9.47 Å². The average Bonchev–Trinajstić information content (AvgIpc) is 3.24. The van der Waals surface area contributed by atoms with Gasteiger partial charge in [0.2, 0.25) is 5.91 Å². The number of benzene rings is 1. The van der Waals surface area contributed by atoms with E-state index < -0.39 is 29.3 Å². The molecule has 11 nitrogen and oxygen atoms in total. The van der Waals surface area contributed by atoms with Crippen LogP contribution in [0.1, 0.15) is 43.6 Å². The third-order valence-corrected chi connectivity index (χ3v) is 4.53. The van der Waals surface area contributed by atoms with E-state index in [1.54, 1.807) is 26.8 Å². The van der Waals surface area contributed by atoms with Gasteiger partial charge in [0.1, 0.15) is 29.3 Å². The van der Waals surface area contributed by atoms with Gasteiger partial charge in [-0.05, 0) is 45.0 Å². The molecular formula is C22H25FN6O5. The summed E-state index contributed by atoms with van der Waals surface area (Å²) in [5.41, 5.74) is 3.94. The van der Waals surface area contributed by atoms with Crippen LogP contribution in [0.5, 0.6) is 5.75 Å². The number of nitrogens with one attached hydrogen (secondary N) is 2. The third kappa shape index (κ3) is 5.39. The van der Waals surface area contributed by atoms with E-state index in [0.29, 0.717) is 0 Å². The molecule has 0 fully saturated rings. The van der Waals surface area contributed by atoms with Gasteiger partial charge in [-0.2, -0.15) is 0 Å². The Labute approximate surface area is 194 Å². The number of ether oxygens (including phenoxy) is 2. The van der Waals surface area contributed by atoms with Crippen molar-refractivity contribution >= 4 is 29.4 Å². The molecule has 3 rings (SSSR count). The Morgan fingerprint density at radius 1 is 1.15 bits per heavy atom. The van der Waals surface area contributed by atoms with E-state index in [-0.39, 0.29) is 34.9 Å². The second kappa shape index (κ2) is 9.73. The summed E-state index contributed by atoms with van der Waals surface area (Å²) in [5, 5.41) is 7.81. The summed E-state index contributed by atoms with van der Waals surface area (Å²) in [6, 6.07) is 7.21. The first-order chi connectivity index (χ1) is 16.0. The number of pyridine rings is 1. The summed E-state index contributed by atoms with van der Waals surface area (Å²) < 4.78 is 26.9. The molecule has 0 bridgehead atoms. The van der Waals surface area contributed by atoms with Gasteiger partial charge in [0.25, 0.3) is 5.91 Å². The lowest BCUT2D eigenvalue weighted by atomic mass is 10.1. The molecule has 0 aliphatic heterocycles. The minimum Gasteiger partial charge on any atom is -0.496 e. The van der Waals surface area contributed by atoms with Gasteiger partial charge in [-0.25, -0.2) is 9.18 Å². The Morgan fingerprint density at radius 3 is 2.53 bits per heavy atom. The lowest BCUT2D eigenvalue weighted by Crippen LogP contribution is -2.40. The highest BCUT2D eigenvalue weighted by Gasteiger charge is 2.28. The molecule has 2 N–H and O–H groups in total. The number of rotatable bonds is 5. The maximum absolute atomic E-state index is 14.7. The number of aromatic nitrogens is 3. The molecule has 12 heteroatoms. The molecule has 0 spiro atoms. The van der Waals surface area contributed by atoms with Crippen LogP contribution in [0.3, 0.4) is 0 Å². The largest absolute Gasteiger partial charge is 0.496 e. The van der Waals surface area contributed by atoms with Crippen molar-refractivity contribution in [1.29, 1.82) is 0 Å². The molecule has 2 heterocycles. The van der Waals surface area contributed by atoms with Crippen molar-refractivity contribution in [3.63, 3.8) is 0 Å². The van der Waals surface area contributed by atoms with Crippen LogP contribution < -0.4 is 20.5 Å². The van der Waals surface area contributed by atoms with Gasteiger partial charge in [0, 0.05) is 12.5 Å². The van der Waals surface area contributed by atoms with Crippen molar-refractivity contribution in [2.45, 2.75) is 39.8 Å². The van der Waals surface area contributed by atoms with Crippen LogP contribution in [0.15, 0.2) is 36.7 Å². The number of amides is 3. The summed E-state index contributed by atoms with van der Waals surface area (Å²) in [6.45, 7) is 6.12. The number of hydrazine groups is 1. The fraction of sp³-hybridized carbons (Fsp3) is 0.318. The molecule has 0 aliphatic carbocycles. The zero-order chi connectivity index (χ0) is 25.0. The first kappa shape index (κ1) is 24.4. The molecule has 0 unspecified atom stereocenters. The average molecular weight is 472 g/mol. The Bertz CT molecular complexity index is 1240. The summed E-state index contributed by atoms with van der Waals surface area (Å²) >= 11 is 0. The number of carbonyl (C=O) groups is 3. The van der Waals surface area contributed by atoms with Crippen LogP contribution in [-0.2, 0) is 16.1 Å². The summed E-state index contributed by atoms with van der Waals surface area (Å²) in [7, 11) is 1.40. The van der Waals surface area contributed by atoms with Crippen LogP contribution >= 0.6 is 0 Å². The highest BCUT2D eigenvalue weighted by atomic mass is 19.1. The van der Waals surface area contributed by atoms with Crippen molar-refractivity contribution in [3.05, 3.63) is 53.6 Å². The maximum Gasteiger partial charge on any atom is 0.416 e. The summed E-state index contributed by atoms with van der Waals surface area (Å²) in [6.07, 6.45) is 0.541. The Balaban J connectivity index is 2.10. The van der Waals surface area contributed by atoms with Gasteiger partial charge >= 0.3 is 6.09 Å². The first-order valence-corrected chi connectivity index (χ1v) is 10.2. The van der Waals surface area contributed by atoms with Crippen molar-refractivity contribution in [2.75, 3.05) is 12.0 Å². The standard InChI is InChI=1S/C22H25FN6O5/c1-13(30)25-27-20(31)14-9-10-18(29-12-24-26-19(14)29)28(21(32)34-22(2,3)4)11-15-16(23)7-6-8-17(15)33-5/h6-10,12H,11H2,1-5H3,(H,25,30)(H,27,31). The number of fused-ring (bicyclic) bond motifs is 1. The molecule has 0 saturated heterocycles. The zero-order valence-corrected chi connectivity index (χ0v) is 19.4. The van der Waals surface area contributed by atoms with Crippen LogP contribution in [0.4, 0.5) is 15.0 Å². The normalized spacial score (nSPS) is 11.1. The van der Waals surface area contributed by atoms with Gasteiger partial charge in [0.15, 0.2) is 5.65 Å². The fourth-order valence-corrected chi connectivity index (χ4v) is 3.11. The van der Waals surface area contributed by atoms with E-state index in [0.717, 1.165) is 0 Å². The predicted molar refractivity (Wildman–Crippen MR) is 120 cm³/mol. The number of nitrogens with zero attached hydrogens (tertiary/aromatic N) is 4. The monoisotopic (exact) mass is 472 g/mol. The van der Waals surface area contributed by atoms with Crippen molar-refractivity contribution < 1.29 is 28.2 Å².